The Bertz CT molecular complexity index is 361. The van der Waals surface area contributed by atoms with Crippen LogP contribution in [0.2, 0.25) is 0 Å². The SMILES string of the molecule is N=C(CCC[C@@H]1SC[C@@H]2NC(=O)N[C@@H]21)C(=O)O. The Morgan fingerprint density at radius 1 is 1.53 bits per heavy atom. The molecule has 7 heteroatoms. The Hall–Kier alpha value is -1.24. The summed E-state index contributed by atoms with van der Waals surface area (Å²) >= 11 is 1.80. The quantitative estimate of drug-likeness (QED) is 0.423. The lowest BCUT2D eigenvalue weighted by molar-refractivity contribution is -0.129. The molecule has 17 heavy (non-hydrogen) atoms. The van der Waals surface area contributed by atoms with E-state index in [0.29, 0.717) is 18.1 Å². The Labute approximate surface area is 103 Å². The molecule has 2 fully saturated rings. The average Bonchev–Trinajstić information content (AvgIpc) is 2.78. The molecule has 4 N–H and O–H groups in total. The lowest BCUT2D eigenvalue weighted by Crippen LogP contribution is -2.36. The van der Waals surface area contributed by atoms with Crippen molar-refractivity contribution in [3.63, 3.8) is 0 Å². The molecule has 0 saturated carbocycles. The number of thioether (sulfide) groups is 1. The lowest BCUT2D eigenvalue weighted by atomic mass is 10.0. The summed E-state index contributed by atoms with van der Waals surface area (Å²) in [6, 6.07) is 0.256. The maximum atomic E-state index is 11.1. The van der Waals surface area contributed by atoms with Crippen LogP contribution in [0.25, 0.3) is 0 Å². The molecule has 2 heterocycles. The summed E-state index contributed by atoms with van der Waals surface area (Å²) in [5.41, 5.74) is -0.238. The van der Waals surface area contributed by atoms with Crippen LogP contribution in [-0.2, 0) is 4.79 Å². The molecule has 94 valence electrons. The van der Waals surface area contributed by atoms with E-state index in [4.69, 9.17) is 10.5 Å². The van der Waals surface area contributed by atoms with Crippen molar-refractivity contribution >= 4 is 29.5 Å². The van der Waals surface area contributed by atoms with Crippen molar-refractivity contribution in [2.75, 3.05) is 5.75 Å². The van der Waals surface area contributed by atoms with Gasteiger partial charge in [-0.2, -0.15) is 11.8 Å². The predicted molar refractivity (Wildman–Crippen MR) is 64.7 cm³/mol. The van der Waals surface area contributed by atoms with Crippen LogP contribution < -0.4 is 10.6 Å². The molecule has 0 aliphatic carbocycles. The van der Waals surface area contributed by atoms with Crippen LogP contribution in [0.1, 0.15) is 19.3 Å². The molecular formula is C10H15N3O3S. The molecular weight excluding hydrogens is 242 g/mol. The second-order valence-electron chi connectivity index (χ2n) is 4.30. The summed E-state index contributed by atoms with van der Waals surface area (Å²) in [5, 5.41) is 21.8. The highest BCUT2D eigenvalue weighted by Gasteiger charge is 2.42. The maximum Gasteiger partial charge on any atom is 0.349 e. The van der Waals surface area contributed by atoms with Gasteiger partial charge in [-0.25, -0.2) is 9.59 Å². The van der Waals surface area contributed by atoms with Gasteiger partial charge in [-0.15, -0.1) is 0 Å². The molecule has 2 saturated heterocycles. The van der Waals surface area contributed by atoms with Gasteiger partial charge in [-0.3, -0.25) is 5.41 Å². The van der Waals surface area contributed by atoms with Gasteiger partial charge in [0.15, 0.2) is 0 Å². The van der Waals surface area contributed by atoms with Gasteiger partial charge >= 0.3 is 12.0 Å². The number of carboxylic acids is 1. The maximum absolute atomic E-state index is 11.1. The monoisotopic (exact) mass is 257 g/mol. The number of carboxylic acid groups (broad SMARTS) is 1. The van der Waals surface area contributed by atoms with Crippen molar-refractivity contribution in [3.8, 4) is 0 Å². The zero-order valence-electron chi connectivity index (χ0n) is 9.23. The molecule has 2 amide bonds. The zero-order chi connectivity index (χ0) is 12.4. The third-order valence-corrected chi connectivity index (χ3v) is 4.62. The van der Waals surface area contributed by atoms with Gasteiger partial charge < -0.3 is 15.7 Å². The smallest absolute Gasteiger partial charge is 0.349 e. The highest BCUT2D eigenvalue weighted by Crippen LogP contribution is 2.32. The second kappa shape index (κ2) is 4.95. The van der Waals surface area contributed by atoms with Crippen molar-refractivity contribution in [1.82, 2.24) is 10.6 Å². The molecule has 0 bridgehead atoms. The van der Waals surface area contributed by atoms with Gasteiger partial charge in [0.2, 0.25) is 0 Å². The summed E-state index contributed by atoms with van der Waals surface area (Å²) in [7, 11) is 0. The first-order chi connectivity index (χ1) is 8.08. The Morgan fingerprint density at radius 3 is 3.00 bits per heavy atom. The fourth-order valence-electron chi connectivity index (χ4n) is 2.23. The summed E-state index contributed by atoms with van der Waals surface area (Å²) in [5.74, 6) is -0.234. The van der Waals surface area contributed by atoms with E-state index < -0.39 is 5.97 Å². The summed E-state index contributed by atoms with van der Waals surface area (Å²) in [6.45, 7) is 0. The minimum absolute atomic E-state index is 0.108. The van der Waals surface area contributed by atoms with Gasteiger partial charge in [0.1, 0.15) is 5.71 Å². The number of hydrogen-bond donors (Lipinski definition) is 4. The molecule has 0 radical (unpaired) electrons. The number of urea groups is 1. The molecule has 3 atom stereocenters. The molecule has 0 aromatic carbocycles. The molecule has 6 nitrogen and oxygen atoms in total. The van der Waals surface area contributed by atoms with Crippen LogP contribution in [-0.4, -0.2) is 45.9 Å². The van der Waals surface area contributed by atoms with Crippen LogP contribution in [0.4, 0.5) is 4.79 Å². The predicted octanol–water partition coefficient (Wildman–Crippen LogP) is 0.426. The molecule has 0 aromatic heterocycles. The fraction of sp³-hybridized carbons (Fsp3) is 0.700. The average molecular weight is 257 g/mol. The highest BCUT2D eigenvalue weighted by atomic mass is 32.2. The normalized spacial score (nSPS) is 30.6. The van der Waals surface area contributed by atoms with Crippen molar-refractivity contribution in [2.45, 2.75) is 36.6 Å². The molecule has 0 spiro atoms. The first-order valence-electron chi connectivity index (χ1n) is 5.57. The summed E-state index contributed by atoms with van der Waals surface area (Å²) in [4.78, 5) is 21.6. The van der Waals surface area contributed by atoms with Gasteiger partial charge in [0.25, 0.3) is 0 Å². The molecule has 2 rings (SSSR count). The third kappa shape index (κ3) is 2.71. The van der Waals surface area contributed by atoms with E-state index >= 15 is 0 Å². The van der Waals surface area contributed by atoms with E-state index in [9.17, 15) is 9.59 Å². The van der Waals surface area contributed by atoms with E-state index in [1.54, 1.807) is 11.8 Å². The van der Waals surface area contributed by atoms with Gasteiger partial charge in [-0.05, 0) is 19.3 Å². The summed E-state index contributed by atoms with van der Waals surface area (Å²) < 4.78 is 0. The minimum atomic E-state index is -1.14. The van der Waals surface area contributed by atoms with E-state index in [0.717, 1.165) is 12.2 Å². The van der Waals surface area contributed by atoms with Crippen molar-refractivity contribution in [1.29, 1.82) is 5.41 Å². The standard InChI is InChI=1S/C10H15N3O3S/c11-5(9(14)15)2-1-3-7-8-6(4-17-7)12-10(16)13-8/h6-8,11H,1-4H2,(H,14,15)(H2,12,13,16)/t6-,7-,8-/m0/s1. The Balaban J connectivity index is 1.75. The van der Waals surface area contributed by atoms with Crippen LogP contribution in [0.15, 0.2) is 0 Å². The van der Waals surface area contributed by atoms with E-state index in [1.165, 1.54) is 0 Å². The molecule has 2 aliphatic heterocycles. The number of aliphatic carboxylic acids is 1. The van der Waals surface area contributed by atoms with E-state index in [-0.39, 0.29) is 23.8 Å². The number of nitrogens with one attached hydrogen (secondary N) is 3. The van der Waals surface area contributed by atoms with Gasteiger partial charge in [-0.1, -0.05) is 0 Å². The topological polar surface area (TPSA) is 102 Å². The first-order valence-corrected chi connectivity index (χ1v) is 6.62. The number of fused-ring (bicyclic) bond motifs is 1. The first kappa shape index (κ1) is 12.2. The van der Waals surface area contributed by atoms with Crippen molar-refractivity contribution in [3.05, 3.63) is 0 Å². The summed E-state index contributed by atoms with van der Waals surface area (Å²) in [6.07, 6.45) is 1.82. The third-order valence-electron chi connectivity index (χ3n) is 3.11. The van der Waals surface area contributed by atoms with Crippen molar-refractivity contribution in [2.24, 2.45) is 0 Å². The Morgan fingerprint density at radius 2 is 2.29 bits per heavy atom. The van der Waals surface area contributed by atoms with Crippen LogP contribution in [0.5, 0.6) is 0 Å². The largest absolute Gasteiger partial charge is 0.477 e. The highest BCUT2D eigenvalue weighted by molar-refractivity contribution is 8.00. The van der Waals surface area contributed by atoms with Crippen molar-refractivity contribution < 1.29 is 14.7 Å². The van der Waals surface area contributed by atoms with Crippen LogP contribution in [0, 0.1) is 5.41 Å². The minimum Gasteiger partial charge on any atom is -0.477 e. The number of carbonyl (C=O) groups excluding carboxylic acids is 1. The lowest BCUT2D eigenvalue weighted by Gasteiger charge is -2.16. The van der Waals surface area contributed by atoms with Crippen LogP contribution >= 0.6 is 11.8 Å². The number of rotatable bonds is 5. The van der Waals surface area contributed by atoms with Gasteiger partial charge in [0.05, 0.1) is 12.1 Å². The van der Waals surface area contributed by atoms with E-state index in [2.05, 4.69) is 10.6 Å². The molecule has 2 aliphatic rings. The fourth-order valence-corrected chi connectivity index (χ4v) is 3.77. The molecule has 0 aromatic rings. The number of carbonyl (C=O) groups is 2. The van der Waals surface area contributed by atoms with E-state index in [1.807, 2.05) is 0 Å². The number of hydrogen-bond acceptors (Lipinski definition) is 4. The molecule has 0 unspecified atom stereocenters. The zero-order valence-corrected chi connectivity index (χ0v) is 10.0. The Kier molecular flexibility index (Phi) is 3.56. The van der Waals surface area contributed by atoms with Crippen LogP contribution in [0.3, 0.4) is 0 Å². The number of amides is 2. The van der Waals surface area contributed by atoms with Gasteiger partial charge in [0, 0.05) is 11.0 Å². The second-order valence-corrected chi connectivity index (χ2v) is 5.57.